The Morgan fingerprint density at radius 3 is 1.87 bits per heavy atom. The van der Waals surface area contributed by atoms with Crippen molar-refractivity contribution in [1.29, 1.82) is 0 Å². The molecule has 0 heterocycles. The number of halogens is 1. The molecule has 0 radical (unpaired) electrons. The molecule has 0 saturated heterocycles. The highest BCUT2D eigenvalue weighted by atomic mass is 35.5. The van der Waals surface area contributed by atoms with Gasteiger partial charge in [-0.05, 0) is 38.1 Å². The molecule has 0 atom stereocenters. The second-order valence-electron chi connectivity index (χ2n) is 5.84. The molecule has 0 amide bonds. The monoisotopic (exact) mass is 336 g/mol. The molecular formula is C19H29ClN2O. The van der Waals surface area contributed by atoms with E-state index in [0.29, 0.717) is 0 Å². The third-order valence-electron chi connectivity index (χ3n) is 3.08. The van der Waals surface area contributed by atoms with Crippen LogP contribution in [0.25, 0.3) is 0 Å². The molecule has 2 rings (SSSR count). The molecule has 0 saturated carbocycles. The minimum absolute atomic E-state index is 0. The largest absolute Gasteiger partial charge is 1.00 e. The van der Waals surface area contributed by atoms with E-state index in [2.05, 4.69) is 57.6 Å². The lowest BCUT2D eigenvalue weighted by Gasteiger charge is -2.23. The first-order chi connectivity index (χ1) is 10.5. The number of nitrogens with zero attached hydrogens (tertiary/aromatic N) is 1. The molecule has 0 aromatic heterocycles. The van der Waals surface area contributed by atoms with Gasteiger partial charge in [0.05, 0.1) is 27.7 Å². The van der Waals surface area contributed by atoms with Gasteiger partial charge in [-0.3, -0.25) is 4.48 Å². The van der Waals surface area contributed by atoms with Crippen LogP contribution in [0.15, 0.2) is 54.6 Å². The number of quaternary nitrogens is 1. The Balaban J connectivity index is 0.000000427. The highest BCUT2D eigenvalue weighted by Gasteiger charge is 2.10. The first-order valence-electron chi connectivity index (χ1n) is 7.81. The third kappa shape index (κ3) is 8.48. The van der Waals surface area contributed by atoms with Crippen molar-refractivity contribution in [2.24, 2.45) is 0 Å². The van der Waals surface area contributed by atoms with Gasteiger partial charge in [0.15, 0.2) is 0 Å². The number of hydrogen-bond acceptors (Lipinski definition) is 2. The van der Waals surface area contributed by atoms with Gasteiger partial charge in [0.25, 0.3) is 0 Å². The maximum atomic E-state index is 5.37. The van der Waals surface area contributed by atoms with E-state index in [1.807, 2.05) is 37.3 Å². The summed E-state index contributed by atoms with van der Waals surface area (Å²) in [7, 11) is 6.45. The van der Waals surface area contributed by atoms with Gasteiger partial charge in [-0.15, -0.1) is 0 Å². The molecule has 0 aliphatic heterocycles. The Morgan fingerprint density at radius 1 is 0.870 bits per heavy atom. The summed E-state index contributed by atoms with van der Waals surface area (Å²) >= 11 is 0. The third-order valence-corrected chi connectivity index (χ3v) is 3.08. The molecule has 0 unspecified atom stereocenters. The van der Waals surface area contributed by atoms with Crippen LogP contribution < -0.4 is 26.9 Å². The molecule has 128 valence electrons. The zero-order valence-electron chi connectivity index (χ0n) is 14.8. The zero-order valence-corrected chi connectivity index (χ0v) is 15.6. The van der Waals surface area contributed by atoms with Crippen molar-refractivity contribution >= 4 is 11.4 Å². The van der Waals surface area contributed by atoms with E-state index in [4.69, 9.17) is 4.74 Å². The fourth-order valence-corrected chi connectivity index (χ4v) is 1.92. The average Bonchev–Trinajstić information content (AvgIpc) is 2.49. The molecule has 2 aromatic rings. The first-order valence-corrected chi connectivity index (χ1v) is 7.81. The lowest BCUT2D eigenvalue weighted by Crippen LogP contribution is -3.00. The van der Waals surface area contributed by atoms with Crippen LogP contribution in [-0.4, -0.2) is 34.3 Å². The van der Waals surface area contributed by atoms with Gasteiger partial charge in [0.2, 0.25) is 0 Å². The molecule has 0 aliphatic carbocycles. The predicted octanol–water partition coefficient (Wildman–Crippen LogP) is 1.40. The molecule has 0 fully saturated rings. The van der Waals surface area contributed by atoms with Crippen molar-refractivity contribution in [3.63, 3.8) is 0 Å². The molecule has 4 heteroatoms. The average molecular weight is 337 g/mol. The second-order valence-corrected chi connectivity index (χ2v) is 5.84. The van der Waals surface area contributed by atoms with Crippen molar-refractivity contribution in [1.82, 2.24) is 4.48 Å². The van der Waals surface area contributed by atoms with Crippen LogP contribution in [0.5, 0.6) is 5.75 Å². The van der Waals surface area contributed by atoms with Gasteiger partial charge in [0, 0.05) is 24.4 Å². The van der Waals surface area contributed by atoms with Gasteiger partial charge >= 0.3 is 0 Å². The van der Waals surface area contributed by atoms with Crippen LogP contribution in [0.2, 0.25) is 0 Å². The summed E-state index contributed by atoms with van der Waals surface area (Å²) in [5.41, 5.74) is 2.48. The van der Waals surface area contributed by atoms with Gasteiger partial charge in [-0.2, -0.15) is 0 Å². The van der Waals surface area contributed by atoms with Crippen molar-refractivity contribution < 1.29 is 17.1 Å². The Bertz CT molecular complexity index is 521. The van der Waals surface area contributed by atoms with Crippen molar-refractivity contribution in [2.75, 3.05) is 39.6 Å². The van der Waals surface area contributed by atoms with Crippen molar-refractivity contribution in [3.8, 4) is 5.75 Å². The van der Waals surface area contributed by atoms with Crippen LogP contribution in [0.4, 0.5) is 11.4 Å². The number of benzene rings is 2. The van der Waals surface area contributed by atoms with E-state index in [-0.39, 0.29) is 12.4 Å². The quantitative estimate of drug-likeness (QED) is 0.834. The van der Waals surface area contributed by atoms with Gasteiger partial charge < -0.3 is 22.5 Å². The normalized spacial score (nSPS) is 9.96. The molecule has 23 heavy (non-hydrogen) atoms. The summed E-state index contributed by atoms with van der Waals surface area (Å²) < 4.78 is 6.21. The molecule has 2 aromatic carbocycles. The number of ether oxygens (including phenoxy) is 1. The standard InChI is InChI=1S/C11H18NO.C8H11N.ClH/c1-5-13-11-8-6-10(7-9-11)12(2,3)4;1-2-9-8-6-4-3-5-7-8;/h6-9H,5H2,1-4H3;3-7,9H,2H2,1H3;1H/q+1;;/p-1. The number of rotatable bonds is 5. The molecular weight excluding hydrogens is 308 g/mol. The summed E-state index contributed by atoms with van der Waals surface area (Å²) in [6.07, 6.45) is 0. The van der Waals surface area contributed by atoms with Gasteiger partial charge in [-0.25, -0.2) is 0 Å². The minimum atomic E-state index is 0. The fourth-order valence-electron chi connectivity index (χ4n) is 1.92. The number of para-hydroxylation sites is 1. The zero-order chi connectivity index (χ0) is 16.4. The molecule has 0 bridgehead atoms. The van der Waals surface area contributed by atoms with Crippen LogP contribution >= 0.6 is 0 Å². The van der Waals surface area contributed by atoms with Gasteiger partial charge in [0.1, 0.15) is 11.4 Å². The summed E-state index contributed by atoms with van der Waals surface area (Å²) in [5.74, 6) is 0.944. The highest BCUT2D eigenvalue weighted by Crippen LogP contribution is 2.20. The van der Waals surface area contributed by atoms with E-state index in [0.717, 1.165) is 23.4 Å². The Kier molecular flexibility index (Phi) is 10.1. The predicted molar refractivity (Wildman–Crippen MR) is 97.8 cm³/mol. The highest BCUT2D eigenvalue weighted by molar-refractivity contribution is 5.44. The Labute approximate surface area is 147 Å². The van der Waals surface area contributed by atoms with Crippen LogP contribution in [0, 0.1) is 0 Å². The molecule has 0 spiro atoms. The van der Waals surface area contributed by atoms with Crippen molar-refractivity contribution in [3.05, 3.63) is 54.6 Å². The summed E-state index contributed by atoms with van der Waals surface area (Å²) in [6.45, 7) is 5.80. The minimum Gasteiger partial charge on any atom is -1.00 e. The Hall–Kier alpha value is -1.71. The van der Waals surface area contributed by atoms with E-state index in [9.17, 15) is 0 Å². The van der Waals surface area contributed by atoms with Crippen LogP contribution in [0.1, 0.15) is 13.8 Å². The molecule has 3 nitrogen and oxygen atoms in total. The maximum Gasteiger partial charge on any atom is 0.132 e. The lowest BCUT2D eigenvalue weighted by molar-refractivity contribution is -0.00000545. The lowest BCUT2D eigenvalue weighted by atomic mass is 10.2. The number of anilines is 1. The number of nitrogens with one attached hydrogen (secondary N) is 1. The maximum absolute atomic E-state index is 5.37. The van der Waals surface area contributed by atoms with Gasteiger partial charge in [-0.1, -0.05) is 18.2 Å². The summed E-state index contributed by atoms with van der Waals surface area (Å²) in [6, 6.07) is 18.4. The van der Waals surface area contributed by atoms with Crippen LogP contribution in [0.3, 0.4) is 0 Å². The Morgan fingerprint density at radius 2 is 1.43 bits per heavy atom. The van der Waals surface area contributed by atoms with E-state index < -0.39 is 0 Å². The number of hydrogen-bond donors (Lipinski definition) is 1. The SMILES string of the molecule is CCNc1ccccc1.CCOc1ccc([N+](C)(C)C)cc1.[Cl-]. The molecule has 1 N–H and O–H groups in total. The first kappa shape index (κ1) is 21.3. The summed E-state index contributed by atoms with van der Waals surface area (Å²) in [5, 5.41) is 3.21. The fraction of sp³-hybridized carbons (Fsp3) is 0.368. The van der Waals surface area contributed by atoms with E-state index in [1.165, 1.54) is 11.4 Å². The topological polar surface area (TPSA) is 21.3 Å². The van der Waals surface area contributed by atoms with Crippen molar-refractivity contribution in [2.45, 2.75) is 13.8 Å². The van der Waals surface area contributed by atoms with E-state index in [1.54, 1.807) is 0 Å². The molecule has 0 aliphatic rings. The summed E-state index contributed by atoms with van der Waals surface area (Å²) in [4.78, 5) is 0. The van der Waals surface area contributed by atoms with Crippen LogP contribution in [-0.2, 0) is 0 Å². The van der Waals surface area contributed by atoms with E-state index >= 15 is 0 Å². The smallest absolute Gasteiger partial charge is 0.132 e. The second kappa shape index (κ2) is 10.9.